The Kier molecular flexibility index (Phi) is 2.29. The Bertz CT molecular complexity index is 517. The lowest BCUT2D eigenvalue weighted by Crippen LogP contribution is -2.11. The standard InChI is InChI=1S/C12H13N3/c1-15-11-7-6-10(12(13)14)8-4-2-3-5-9(8)11/h2-7,15H,1H3,(H3,13,14). The minimum Gasteiger partial charge on any atom is -0.388 e. The van der Waals surface area contributed by atoms with Crippen LogP contribution in [0.25, 0.3) is 10.8 Å². The minimum absolute atomic E-state index is 0.105. The average Bonchev–Trinajstić information content (AvgIpc) is 2.27. The van der Waals surface area contributed by atoms with E-state index in [0.717, 1.165) is 22.0 Å². The van der Waals surface area contributed by atoms with E-state index in [1.54, 1.807) is 0 Å². The largest absolute Gasteiger partial charge is 0.388 e. The monoisotopic (exact) mass is 199 g/mol. The molecule has 0 bridgehead atoms. The second kappa shape index (κ2) is 3.61. The summed E-state index contributed by atoms with van der Waals surface area (Å²) in [5.74, 6) is 0.105. The summed E-state index contributed by atoms with van der Waals surface area (Å²) in [5.41, 5.74) is 7.37. The van der Waals surface area contributed by atoms with Gasteiger partial charge in [0.15, 0.2) is 0 Å². The molecule has 3 nitrogen and oxygen atoms in total. The summed E-state index contributed by atoms with van der Waals surface area (Å²) in [6, 6.07) is 11.7. The van der Waals surface area contributed by atoms with Crippen LogP contribution < -0.4 is 11.1 Å². The third kappa shape index (κ3) is 1.52. The van der Waals surface area contributed by atoms with E-state index in [9.17, 15) is 0 Å². The van der Waals surface area contributed by atoms with Crippen LogP contribution in [0.5, 0.6) is 0 Å². The van der Waals surface area contributed by atoms with E-state index in [4.69, 9.17) is 11.1 Å². The number of anilines is 1. The fourth-order valence-corrected chi connectivity index (χ4v) is 1.75. The number of nitrogens with two attached hydrogens (primary N) is 1. The Labute approximate surface area is 88.4 Å². The predicted molar refractivity (Wildman–Crippen MR) is 64.5 cm³/mol. The van der Waals surface area contributed by atoms with Gasteiger partial charge in [-0.15, -0.1) is 0 Å². The van der Waals surface area contributed by atoms with E-state index in [1.165, 1.54) is 0 Å². The van der Waals surface area contributed by atoms with E-state index < -0.39 is 0 Å². The molecule has 0 aliphatic carbocycles. The first-order valence-electron chi connectivity index (χ1n) is 4.78. The molecule has 0 atom stereocenters. The second-order valence-electron chi connectivity index (χ2n) is 3.37. The second-order valence-corrected chi connectivity index (χ2v) is 3.37. The molecular formula is C12H13N3. The molecule has 0 aromatic heterocycles. The number of hydrogen-bond acceptors (Lipinski definition) is 2. The molecule has 0 radical (unpaired) electrons. The summed E-state index contributed by atoms with van der Waals surface area (Å²) in [4.78, 5) is 0. The molecule has 0 spiro atoms. The van der Waals surface area contributed by atoms with Crippen molar-refractivity contribution in [3.63, 3.8) is 0 Å². The molecule has 2 rings (SSSR count). The van der Waals surface area contributed by atoms with E-state index >= 15 is 0 Å². The fourth-order valence-electron chi connectivity index (χ4n) is 1.75. The van der Waals surface area contributed by atoms with Crippen LogP contribution in [0.2, 0.25) is 0 Å². The molecule has 0 aliphatic rings. The van der Waals surface area contributed by atoms with Crippen LogP contribution in [0.4, 0.5) is 5.69 Å². The third-order valence-electron chi connectivity index (χ3n) is 2.48. The van der Waals surface area contributed by atoms with Gasteiger partial charge < -0.3 is 11.1 Å². The Balaban J connectivity index is 2.83. The van der Waals surface area contributed by atoms with Crippen LogP contribution in [-0.4, -0.2) is 12.9 Å². The molecule has 3 heteroatoms. The lowest BCUT2D eigenvalue weighted by atomic mass is 10.0. The van der Waals surface area contributed by atoms with Crippen molar-refractivity contribution in [2.75, 3.05) is 12.4 Å². The van der Waals surface area contributed by atoms with Gasteiger partial charge in [-0.1, -0.05) is 24.3 Å². The number of nitrogen functional groups attached to an aromatic ring is 1. The zero-order valence-electron chi connectivity index (χ0n) is 8.54. The summed E-state index contributed by atoms with van der Waals surface area (Å²) >= 11 is 0. The molecule has 0 aliphatic heterocycles. The van der Waals surface area contributed by atoms with Crippen molar-refractivity contribution in [2.45, 2.75) is 0 Å². The third-order valence-corrected chi connectivity index (χ3v) is 2.48. The molecule has 0 heterocycles. The summed E-state index contributed by atoms with van der Waals surface area (Å²) in [5, 5.41) is 12.7. The molecule has 4 N–H and O–H groups in total. The van der Waals surface area contributed by atoms with Crippen molar-refractivity contribution in [3.8, 4) is 0 Å². The van der Waals surface area contributed by atoms with Gasteiger partial charge in [-0.05, 0) is 17.5 Å². The predicted octanol–water partition coefficient (Wildman–Crippen LogP) is 2.17. The number of hydrogen-bond donors (Lipinski definition) is 3. The van der Waals surface area contributed by atoms with Gasteiger partial charge in [-0.3, -0.25) is 5.41 Å². The van der Waals surface area contributed by atoms with Gasteiger partial charge >= 0.3 is 0 Å². The number of fused-ring (bicyclic) bond motifs is 1. The van der Waals surface area contributed by atoms with Crippen LogP contribution >= 0.6 is 0 Å². The Morgan fingerprint density at radius 2 is 1.80 bits per heavy atom. The zero-order valence-corrected chi connectivity index (χ0v) is 8.54. The van der Waals surface area contributed by atoms with E-state index in [1.807, 2.05) is 43.4 Å². The van der Waals surface area contributed by atoms with Gasteiger partial charge in [0.1, 0.15) is 5.84 Å². The maximum absolute atomic E-state index is 7.50. The number of benzene rings is 2. The first-order chi connectivity index (χ1) is 7.24. The SMILES string of the molecule is CNc1ccc(C(=N)N)c2ccccc12. The molecule has 2 aromatic rings. The summed E-state index contributed by atoms with van der Waals surface area (Å²) in [7, 11) is 1.88. The Morgan fingerprint density at radius 3 is 2.40 bits per heavy atom. The topological polar surface area (TPSA) is 61.9 Å². The Morgan fingerprint density at radius 1 is 1.13 bits per heavy atom. The van der Waals surface area contributed by atoms with Gasteiger partial charge in [0.25, 0.3) is 0 Å². The first kappa shape index (κ1) is 9.52. The van der Waals surface area contributed by atoms with Crippen LogP contribution in [0.15, 0.2) is 36.4 Å². The highest BCUT2D eigenvalue weighted by Gasteiger charge is 2.05. The molecule has 76 valence electrons. The fraction of sp³-hybridized carbons (Fsp3) is 0.0833. The maximum Gasteiger partial charge on any atom is 0.123 e. The van der Waals surface area contributed by atoms with Gasteiger partial charge in [-0.2, -0.15) is 0 Å². The van der Waals surface area contributed by atoms with Gasteiger partial charge in [0.2, 0.25) is 0 Å². The normalized spacial score (nSPS) is 10.2. The molecule has 0 saturated heterocycles. The summed E-state index contributed by atoms with van der Waals surface area (Å²) in [6.45, 7) is 0. The van der Waals surface area contributed by atoms with Crippen molar-refractivity contribution in [1.82, 2.24) is 0 Å². The van der Waals surface area contributed by atoms with Crippen LogP contribution in [0.1, 0.15) is 5.56 Å². The smallest absolute Gasteiger partial charge is 0.123 e. The molecule has 0 unspecified atom stereocenters. The average molecular weight is 199 g/mol. The number of nitrogens with one attached hydrogen (secondary N) is 2. The van der Waals surface area contributed by atoms with Crippen LogP contribution in [0, 0.1) is 5.41 Å². The first-order valence-corrected chi connectivity index (χ1v) is 4.78. The van der Waals surface area contributed by atoms with Crippen molar-refractivity contribution in [1.29, 1.82) is 5.41 Å². The minimum atomic E-state index is 0.105. The van der Waals surface area contributed by atoms with Crippen molar-refractivity contribution < 1.29 is 0 Å². The highest BCUT2D eigenvalue weighted by atomic mass is 14.8. The van der Waals surface area contributed by atoms with Gasteiger partial charge in [0.05, 0.1) is 0 Å². The molecule has 15 heavy (non-hydrogen) atoms. The summed E-state index contributed by atoms with van der Waals surface area (Å²) in [6.07, 6.45) is 0. The van der Waals surface area contributed by atoms with E-state index in [2.05, 4.69) is 5.32 Å². The van der Waals surface area contributed by atoms with Gasteiger partial charge in [-0.25, -0.2) is 0 Å². The molecule has 0 saturated carbocycles. The quantitative estimate of drug-likeness (QED) is 0.512. The van der Waals surface area contributed by atoms with Gasteiger partial charge in [0, 0.05) is 23.7 Å². The van der Waals surface area contributed by atoms with Crippen LogP contribution in [0.3, 0.4) is 0 Å². The number of amidine groups is 1. The van der Waals surface area contributed by atoms with E-state index in [0.29, 0.717) is 0 Å². The number of rotatable bonds is 2. The lowest BCUT2D eigenvalue weighted by molar-refractivity contribution is 1.43. The van der Waals surface area contributed by atoms with Crippen molar-refractivity contribution in [3.05, 3.63) is 42.0 Å². The maximum atomic E-state index is 7.50. The molecule has 0 fully saturated rings. The molecule has 0 amide bonds. The molecular weight excluding hydrogens is 186 g/mol. The van der Waals surface area contributed by atoms with E-state index in [-0.39, 0.29) is 5.84 Å². The Hall–Kier alpha value is -2.03. The van der Waals surface area contributed by atoms with Crippen LogP contribution in [-0.2, 0) is 0 Å². The summed E-state index contributed by atoms with van der Waals surface area (Å²) < 4.78 is 0. The lowest BCUT2D eigenvalue weighted by Gasteiger charge is -2.09. The highest BCUT2D eigenvalue weighted by molar-refractivity contribution is 6.10. The van der Waals surface area contributed by atoms with Crippen molar-refractivity contribution >= 4 is 22.3 Å². The van der Waals surface area contributed by atoms with Crippen molar-refractivity contribution in [2.24, 2.45) is 5.73 Å². The highest BCUT2D eigenvalue weighted by Crippen LogP contribution is 2.25. The molecule has 2 aromatic carbocycles. The zero-order chi connectivity index (χ0) is 10.8.